The Bertz CT molecular complexity index is 397. The Morgan fingerprint density at radius 1 is 1.67 bits per heavy atom. The molecule has 0 spiro atoms. The van der Waals surface area contributed by atoms with E-state index >= 15 is 0 Å². The summed E-state index contributed by atoms with van der Waals surface area (Å²) in [6.45, 7) is -0.909. The molecule has 0 aromatic carbocycles. The molecule has 8 heteroatoms. The van der Waals surface area contributed by atoms with E-state index in [2.05, 4.69) is 4.98 Å². The predicted molar refractivity (Wildman–Crippen MR) is 46.2 cm³/mol. The second-order valence-corrected chi connectivity index (χ2v) is 2.65. The standard InChI is InChI=1S/C7H7F2N3O3/c8-6(9)5-3(2-13)7(12(14)15)11-1-4(5)10/h1,6,13H,2,10H2. The Morgan fingerprint density at radius 2 is 2.27 bits per heavy atom. The molecule has 0 aliphatic carbocycles. The Labute approximate surface area is 82.5 Å². The Kier molecular flexibility index (Phi) is 3.10. The topological polar surface area (TPSA) is 102 Å². The molecule has 1 aromatic rings. The smallest absolute Gasteiger partial charge is 0.369 e. The predicted octanol–water partition coefficient (Wildman–Crippen LogP) is 1.00. The summed E-state index contributed by atoms with van der Waals surface area (Å²) >= 11 is 0. The van der Waals surface area contributed by atoms with Gasteiger partial charge in [0.25, 0.3) is 6.43 Å². The van der Waals surface area contributed by atoms with Crippen molar-refractivity contribution in [1.29, 1.82) is 0 Å². The summed E-state index contributed by atoms with van der Waals surface area (Å²) in [5, 5.41) is 19.2. The lowest BCUT2D eigenvalue weighted by atomic mass is 10.1. The zero-order chi connectivity index (χ0) is 11.6. The number of nitro groups is 1. The number of pyridine rings is 1. The van der Waals surface area contributed by atoms with Gasteiger partial charge >= 0.3 is 5.82 Å². The molecule has 1 rings (SSSR count). The number of nitrogen functional groups attached to an aromatic ring is 1. The second-order valence-electron chi connectivity index (χ2n) is 2.65. The van der Waals surface area contributed by atoms with E-state index < -0.39 is 34.9 Å². The average Bonchev–Trinajstić information content (AvgIpc) is 2.15. The molecule has 0 saturated carbocycles. The summed E-state index contributed by atoms with van der Waals surface area (Å²) in [4.78, 5) is 12.7. The van der Waals surface area contributed by atoms with E-state index in [1.54, 1.807) is 0 Å². The average molecular weight is 219 g/mol. The first kappa shape index (κ1) is 11.2. The van der Waals surface area contributed by atoms with E-state index in [0.29, 0.717) is 0 Å². The van der Waals surface area contributed by atoms with Crippen molar-refractivity contribution in [3.05, 3.63) is 27.4 Å². The van der Waals surface area contributed by atoms with Gasteiger partial charge in [0.15, 0.2) is 6.20 Å². The molecule has 0 amide bonds. The van der Waals surface area contributed by atoms with Crippen molar-refractivity contribution in [2.24, 2.45) is 0 Å². The number of nitrogens with zero attached hydrogens (tertiary/aromatic N) is 2. The molecule has 0 bridgehead atoms. The fourth-order valence-electron chi connectivity index (χ4n) is 1.14. The van der Waals surface area contributed by atoms with Crippen LogP contribution in [0.15, 0.2) is 6.20 Å². The molecule has 0 aliphatic heterocycles. The molecule has 0 unspecified atom stereocenters. The highest BCUT2D eigenvalue weighted by atomic mass is 19.3. The van der Waals surface area contributed by atoms with E-state index in [1.165, 1.54) is 0 Å². The van der Waals surface area contributed by atoms with E-state index in [-0.39, 0.29) is 5.69 Å². The van der Waals surface area contributed by atoms with Crippen molar-refractivity contribution in [3.63, 3.8) is 0 Å². The number of halogens is 2. The first-order valence-electron chi connectivity index (χ1n) is 3.79. The maximum atomic E-state index is 12.5. The van der Waals surface area contributed by atoms with E-state index in [0.717, 1.165) is 6.20 Å². The third-order valence-corrected chi connectivity index (χ3v) is 1.78. The van der Waals surface area contributed by atoms with Crippen molar-refractivity contribution in [1.82, 2.24) is 4.98 Å². The summed E-state index contributed by atoms with van der Waals surface area (Å²) in [7, 11) is 0. The molecule has 1 heterocycles. The molecular formula is C7H7F2N3O3. The van der Waals surface area contributed by atoms with Crippen LogP contribution in [0.4, 0.5) is 20.3 Å². The molecule has 0 aliphatic rings. The number of alkyl halides is 2. The number of anilines is 1. The number of hydrogen-bond donors (Lipinski definition) is 2. The van der Waals surface area contributed by atoms with Gasteiger partial charge in [0.2, 0.25) is 0 Å². The molecule has 0 radical (unpaired) electrons. The lowest BCUT2D eigenvalue weighted by Gasteiger charge is -2.08. The molecular weight excluding hydrogens is 212 g/mol. The number of aliphatic hydroxyl groups is 1. The van der Waals surface area contributed by atoms with Crippen LogP contribution in [0.1, 0.15) is 17.6 Å². The highest BCUT2D eigenvalue weighted by Gasteiger charge is 2.26. The number of nitrogens with two attached hydrogens (primary N) is 1. The molecule has 3 N–H and O–H groups in total. The lowest BCUT2D eigenvalue weighted by Crippen LogP contribution is -2.07. The van der Waals surface area contributed by atoms with Crippen molar-refractivity contribution in [3.8, 4) is 0 Å². The maximum absolute atomic E-state index is 12.5. The molecule has 1 aromatic heterocycles. The summed E-state index contributed by atoms with van der Waals surface area (Å²) in [5.41, 5.74) is 3.53. The number of aliphatic hydroxyl groups excluding tert-OH is 1. The molecule has 0 saturated heterocycles. The number of hydrogen-bond acceptors (Lipinski definition) is 5. The first-order chi connectivity index (χ1) is 6.99. The van der Waals surface area contributed by atoms with Gasteiger partial charge in [0, 0.05) is 0 Å². The first-order valence-corrected chi connectivity index (χ1v) is 3.79. The third kappa shape index (κ3) is 1.99. The van der Waals surface area contributed by atoms with E-state index in [4.69, 9.17) is 10.8 Å². The van der Waals surface area contributed by atoms with Crippen LogP contribution in [0.5, 0.6) is 0 Å². The Balaban J connectivity index is 3.47. The zero-order valence-electron chi connectivity index (χ0n) is 7.35. The number of aromatic nitrogens is 1. The van der Waals surface area contributed by atoms with Crippen molar-refractivity contribution in [2.75, 3.05) is 5.73 Å². The minimum Gasteiger partial charge on any atom is -0.395 e. The van der Waals surface area contributed by atoms with Crippen molar-refractivity contribution >= 4 is 11.5 Å². The normalized spacial score (nSPS) is 10.7. The van der Waals surface area contributed by atoms with E-state index in [9.17, 15) is 18.9 Å². The summed E-state index contributed by atoms with van der Waals surface area (Å²) in [6.07, 6.45) is -2.22. The fourth-order valence-corrected chi connectivity index (χ4v) is 1.14. The van der Waals surface area contributed by atoms with Gasteiger partial charge in [0.05, 0.1) is 23.4 Å². The van der Waals surface area contributed by atoms with Gasteiger partial charge in [-0.25, -0.2) is 8.78 Å². The zero-order valence-corrected chi connectivity index (χ0v) is 7.35. The quantitative estimate of drug-likeness (QED) is 0.583. The van der Waals surface area contributed by atoms with Crippen LogP contribution in [0.2, 0.25) is 0 Å². The van der Waals surface area contributed by atoms with Gasteiger partial charge in [-0.3, -0.25) is 0 Å². The third-order valence-electron chi connectivity index (χ3n) is 1.78. The minimum absolute atomic E-state index is 0.375. The monoisotopic (exact) mass is 219 g/mol. The largest absolute Gasteiger partial charge is 0.395 e. The Hall–Kier alpha value is -1.83. The SMILES string of the molecule is Nc1cnc([N+](=O)[O-])c(CO)c1C(F)F. The highest BCUT2D eigenvalue weighted by Crippen LogP contribution is 2.32. The van der Waals surface area contributed by atoms with Gasteiger partial charge in [-0.15, -0.1) is 0 Å². The van der Waals surface area contributed by atoms with Crippen molar-refractivity contribution in [2.45, 2.75) is 13.0 Å². The Morgan fingerprint density at radius 3 is 2.67 bits per heavy atom. The fraction of sp³-hybridized carbons (Fsp3) is 0.286. The molecule has 15 heavy (non-hydrogen) atoms. The second kappa shape index (κ2) is 4.13. The molecule has 0 atom stereocenters. The van der Waals surface area contributed by atoms with Crippen LogP contribution in [-0.4, -0.2) is 15.0 Å². The molecule has 82 valence electrons. The van der Waals surface area contributed by atoms with E-state index in [1.807, 2.05) is 0 Å². The minimum atomic E-state index is -2.99. The summed E-state index contributed by atoms with van der Waals surface area (Å²) < 4.78 is 25.0. The van der Waals surface area contributed by atoms with Crippen LogP contribution >= 0.6 is 0 Å². The van der Waals surface area contributed by atoms with Crippen LogP contribution in [0, 0.1) is 10.1 Å². The van der Waals surface area contributed by atoms with Crippen LogP contribution in [0.3, 0.4) is 0 Å². The summed E-state index contributed by atoms with van der Waals surface area (Å²) in [6, 6.07) is 0. The summed E-state index contributed by atoms with van der Waals surface area (Å²) in [5.74, 6) is -0.804. The van der Waals surface area contributed by atoms with Crippen molar-refractivity contribution < 1.29 is 18.8 Å². The van der Waals surface area contributed by atoms with Gasteiger partial charge in [-0.05, 0) is 9.91 Å². The highest BCUT2D eigenvalue weighted by molar-refractivity contribution is 5.55. The lowest BCUT2D eigenvalue weighted by molar-refractivity contribution is -0.390. The maximum Gasteiger partial charge on any atom is 0.369 e. The van der Waals surface area contributed by atoms with Gasteiger partial charge < -0.3 is 21.0 Å². The van der Waals surface area contributed by atoms with Gasteiger partial charge in [-0.1, -0.05) is 0 Å². The van der Waals surface area contributed by atoms with Gasteiger partial charge in [0.1, 0.15) is 0 Å². The van der Waals surface area contributed by atoms with Crippen LogP contribution in [-0.2, 0) is 6.61 Å². The molecule has 6 nitrogen and oxygen atoms in total. The van der Waals surface area contributed by atoms with Crippen LogP contribution < -0.4 is 5.73 Å². The van der Waals surface area contributed by atoms with Crippen LogP contribution in [0.25, 0.3) is 0 Å². The van der Waals surface area contributed by atoms with Gasteiger partial charge in [-0.2, -0.15) is 0 Å². The number of rotatable bonds is 3. The molecule has 0 fully saturated rings.